The fourth-order valence-corrected chi connectivity index (χ4v) is 8.24. The number of rotatable bonds is 8. The number of aryl methyl sites for hydroxylation is 2. The first-order valence-electron chi connectivity index (χ1n) is 24.8. The van der Waals surface area contributed by atoms with E-state index in [1.54, 1.807) is 32.0 Å². The first kappa shape index (κ1) is 35.9. The molecular weight excluding hydrogens is 961 g/mol. The van der Waals surface area contributed by atoms with Crippen molar-refractivity contribution in [2.45, 2.75) is 73.0 Å². The molecule has 0 unspecified atom stereocenters. The molecule has 0 amide bonds. The zero-order chi connectivity index (χ0) is 49.7. The molecule has 0 fully saturated rings. The summed E-state index contributed by atoms with van der Waals surface area (Å²) in [5.41, 5.74) is 12.8. The Balaban J connectivity index is 0.000000271. The van der Waals surface area contributed by atoms with Gasteiger partial charge < -0.3 is 14.0 Å². The van der Waals surface area contributed by atoms with Gasteiger partial charge >= 0.3 is 0 Å². The molecule has 5 nitrogen and oxygen atoms in total. The predicted octanol–water partition coefficient (Wildman–Crippen LogP) is 15.7. The minimum Gasteiger partial charge on any atom is -0.486 e. The summed E-state index contributed by atoms with van der Waals surface area (Å²) in [5.74, 6) is 0.00524. The Hall–Kier alpha value is -6.46. The first-order chi connectivity index (χ1) is 33.3. The second kappa shape index (κ2) is 18.7. The van der Waals surface area contributed by atoms with Crippen molar-refractivity contribution >= 4 is 33.1 Å². The molecule has 6 aromatic carbocycles. The van der Waals surface area contributed by atoms with Gasteiger partial charge in [0.05, 0.1) is 28.1 Å². The van der Waals surface area contributed by atoms with Crippen LogP contribution < -0.4 is 0 Å². The minimum absolute atomic E-state index is 0. The second-order valence-electron chi connectivity index (χ2n) is 16.6. The Kier molecular flexibility index (Phi) is 10.5. The smallest absolute Gasteiger partial charge is 0.216 e. The van der Waals surface area contributed by atoms with Gasteiger partial charge in [0.1, 0.15) is 0 Å². The van der Waals surface area contributed by atoms with Crippen LogP contribution in [0.15, 0.2) is 156 Å². The number of imidazole rings is 1. The van der Waals surface area contributed by atoms with E-state index in [9.17, 15) is 0 Å². The quantitative estimate of drug-likeness (QED) is 0.142. The monoisotopic (exact) mass is 1020 g/mol. The number of fused-ring (bicyclic) bond motifs is 4. The second-order valence-corrected chi connectivity index (χ2v) is 16.6. The van der Waals surface area contributed by atoms with Gasteiger partial charge in [-0.05, 0) is 100 Å². The number of para-hydroxylation sites is 2. The SMILES string of the molecule is [2H]C([2H])([2H])c1c[c-]c(-c2nc3ccccc3n2-c2c(C(C)C)cc(-c3ccccc3)cc2C(C)C)c2oc3nc(-c4ccccc4)ccc3c12.[2H]C([2H])([2H])c1cnc(-c2[c-]cccc2)cc1C([2H])(C)C.[Ir]. The van der Waals surface area contributed by atoms with Crippen molar-refractivity contribution in [1.82, 2.24) is 19.5 Å². The Bertz CT molecular complexity index is 3480. The predicted molar refractivity (Wildman–Crippen MR) is 262 cm³/mol. The van der Waals surface area contributed by atoms with Gasteiger partial charge in [-0.15, -0.1) is 53.6 Å². The van der Waals surface area contributed by atoms with Gasteiger partial charge in [-0.1, -0.05) is 138 Å². The Morgan fingerprint density at radius 1 is 0.641 bits per heavy atom. The molecule has 64 heavy (non-hydrogen) atoms. The van der Waals surface area contributed by atoms with Crippen LogP contribution in [-0.4, -0.2) is 19.5 Å². The molecule has 10 aromatic rings. The number of hydrogen-bond donors (Lipinski definition) is 0. The molecule has 10 rings (SSSR count). The van der Waals surface area contributed by atoms with Gasteiger partial charge in [-0.25, -0.2) is 4.98 Å². The zero-order valence-electron chi connectivity index (χ0n) is 43.6. The number of pyridine rings is 2. The standard InChI is InChI=1S/C43H36N3O.C15H16N.Ir/c1-26(2)34-24-31(29-14-8-6-9-15-29)25-35(27(3)4)40(34)46-38-19-13-12-18-37(38)44-42(46)33-21-20-28(5)39-32-22-23-36(30-16-10-7-11-17-30)45-43(32)47-41(33)39;1-11(2)14-9-15(16-10-12(14)3)13-7-5-4-6-8-13;/h6-20,22-27H,1-5H3;4-7,9-11H,1-3H3;/q2*-1;/i5D3;3D3,11D;. The molecule has 0 saturated heterocycles. The molecule has 0 bridgehead atoms. The normalized spacial score (nSPS) is 13.6. The van der Waals surface area contributed by atoms with Gasteiger partial charge in [-0.2, -0.15) is 0 Å². The molecule has 0 saturated carbocycles. The number of furan rings is 1. The molecule has 1 radical (unpaired) electrons. The van der Waals surface area contributed by atoms with Crippen LogP contribution in [0.1, 0.15) is 96.7 Å². The Labute approximate surface area is 400 Å². The van der Waals surface area contributed by atoms with Crippen LogP contribution in [0.5, 0.6) is 0 Å². The fourth-order valence-electron chi connectivity index (χ4n) is 8.24. The van der Waals surface area contributed by atoms with Crippen molar-refractivity contribution in [2.75, 3.05) is 0 Å². The van der Waals surface area contributed by atoms with E-state index in [0.29, 0.717) is 44.7 Å². The van der Waals surface area contributed by atoms with E-state index >= 15 is 0 Å². The summed E-state index contributed by atoms with van der Waals surface area (Å²) in [7, 11) is 0. The van der Waals surface area contributed by atoms with E-state index in [1.165, 1.54) is 28.5 Å². The summed E-state index contributed by atoms with van der Waals surface area (Å²) in [6.07, 6.45) is 1.36. The Morgan fingerprint density at radius 3 is 1.97 bits per heavy atom. The molecule has 321 valence electrons. The molecule has 0 aliphatic carbocycles. The molecule has 0 spiro atoms. The maximum atomic E-state index is 8.46. The van der Waals surface area contributed by atoms with Gasteiger partial charge in [0.25, 0.3) is 0 Å². The summed E-state index contributed by atoms with van der Waals surface area (Å²) in [5, 5.41) is 1.15. The topological polar surface area (TPSA) is 56.7 Å². The third kappa shape index (κ3) is 8.48. The van der Waals surface area contributed by atoms with E-state index in [2.05, 4.69) is 91.8 Å². The van der Waals surface area contributed by atoms with Crippen molar-refractivity contribution in [2.24, 2.45) is 0 Å². The van der Waals surface area contributed by atoms with Crippen molar-refractivity contribution in [1.29, 1.82) is 0 Å². The van der Waals surface area contributed by atoms with Crippen molar-refractivity contribution in [3.8, 4) is 50.7 Å². The molecule has 0 aliphatic heterocycles. The maximum Gasteiger partial charge on any atom is 0.216 e. The molecule has 4 aromatic heterocycles. The number of nitrogens with zero attached hydrogens (tertiary/aromatic N) is 4. The molecule has 0 aliphatic rings. The van der Waals surface area contributed by atoms with E-state index in [-0.39, 0.29) is 43.1 Å². The third-order valence-corrected chi connectivity index (χ3v) is 11.4. The molecule has 0 atom stereocenters. The molecule has 4 heterocycles. The molecule has 6 heteroatoms. The first-order valence-corrected chi connectivity index (χ1v) is 21.3. The summed E-state index contributed by atoms with van der Waals surface area (Å²) in [4.78, 5) is 14.3. The largest absolute Gasteiger partial charge is 0.486 e. The maximum absolute atomic E-state index is 8.46. The van der Waals surface area contributed by atoms with Crippen molar-refractivity contribution in [3.05, 3.63) is 192 Å². The van der Waals surface area contributed by atoms with Gasteiger partial charge in [0, 0.05) is 52.5 Å². The summed E-state index contributed by atoms with van der Waals surface area (Å²) >= 11 is 0. The number of aromatic nitrogens is 4. The fraction of sp³-hybridized carbons (Fsp3) is 0.190. The van der Waals surface area contributed by atoms with Crippen LogP contribution in [0.4, 0.5) is 0 Å². The molecule has 0 N–H and O–H groups in total. The third-order valence-electron chi connectivity index (χ3n) is 11.4. The van der Waals surface area contributed by atoms with Gasteiger partial charge in [0.15, 0.2) is 0 Å². The number of hydrogen-bond acceptors (Lipinski definition) is 4. The average molecular weight is 1020 g/mol. The molecular formula is C58H52IrN4O-2. The van der Waals surface area contributed by atoms with E-state index < -0.39 is 19.6 Å². The van der Waals surface area contributed by atoms with E-state index in [1.807, 2.05) is 84.9 Å². The van der Waals surface area contributed by atoms with Crippen molar-refractivity contribution in [3.63, 3.8) is 0 Å². The van der Waals surface area contributed by atoms with Crippen LogP contribution in [0.25, 0.3) is 83.8 Å². The summed E-state index contributed by atoms with van der Waals surface area (Å²) < 4.78 is 65.1. The average Bonchev–Trinajstić information content (AvgIpc) is 3.92. The van der Waals surface area contributed by atoms with Crippen molar-refractivity contribution < 1.29 is 34.1 Å². The van der Waals surface area contributed by atoms with Crippen LogP contribution in [-0.2, 0) is 20.1 Å². The van der Waals surface area contributed by atoms with Crippen LogP contribution >= 0.6 is 0 Å². The van der Waals surface area contributed by atoms with Crippen LogP contribution in [0, 0.1) is 25.8 Å². The van der Waals surface area contributed by atoms with Gasteiger partial charge in [-0.3, -0.25) is 4.98 Å². The van der Waals surface area contributed by atoms with E-state index in [4.69, 9.17) is 24.0 Å². The van der Waals surface area contributed by atoms with Gasteiger partial charge in [0.2, 0.25) is 5.71 Å². The van der Waals surface area contributed by atoms with Crippen LogP contribution in [0.2, 0.25) is 0 Å². The van der Waals surface area contributed by atoms with E-state index in [0.717, 1.165) is 33.5 Å². The minimum atomic E-state index is -2.40. The summed E-state index contributed by atoms with van der Waals surface area (Å²) in [6, 6.07) is 54.0. The number of benzene rings is 6. The zero-order valence-corrected chi connectivity index (χ0v) is 39.0. The Morgan fingerprint density at radius 2 is 1.31 bits per heavy atom. The van der Waals surface area contributed by atoms with Crippen LogP contribution in [0.3, 0.4) is 0 Å². The summed E-state index contributed by atoms with van der Waals surface area (Å²) in [6.45, 7) is 7.59.